The topological polar surface area (TPSA) is 105 Å². The number of hydrogen-bond acceptors (Lipinski definition) is 7. The first-order chi connectivity index (χ1) is 15.9. The number of fused-ring (bicyclic) bond motifs is 1. The van der Waals surface area contributed by atoms with E-state index >= 15 is 0 Å². The number of methoxy groups -OCH3 is 1. The highest BCUT2D eigenvalue weighted by molar-refractivity contribution is 8.02. The first-order valence-corrected chi connectivity index (χ1v) is 12.5. The molecule has 180 valence electrons. The molecule has 1 spiro atoms. The summed E-state index contributed by atoms with van der Waals surface area (Å²) in [6, 6.07) is 6.38. The van der Waals surface area contributed by atoms with Gasteiger partial charge in [-0.1, -0.05) is 6.92 Å². The summed E-state index contributed by atoms with van der Waals surface area (Å²) in [7, 11) is 1.58. The van der Waals surface area contributed by atoms with E-state index in [1.54, 1.807) is 55.0 Å². The Morgan fingerprint density at radius 3 is 2.64 bits per heavy atom. The van der Waals surface area contributed by atoms with Crippen molar-refractivity contribution in [2.75, 3.05) is 32.2 Å². The van der Waals surface area contributed by atoms with Crippen LogP contribution in [0.15, 0.2) is 24.3 Å². The van der Waals surface area contributed by atoms with Gasteiger partial charge in [0.2, 0.25) is 11.8 Å². The molecule has 0 aliphatic carbocycles. The van der Waals surface area contributed by atoms with E-state index in [9.17, 15) is 19.5 Å². The predicted octanol–water partition coefficient (Wildman–Crippen LogP) is 2.31. The van der Waals surface area contributed by atoms with Gasteiger partial charge in [0.15, 0.2) is 0 Å². The Morgan fingerprint density at radius 1 is 1.27 bits per heavy atom. The third-order valence-electron chi connectivity index (χ3n) is 7.22. The first kappa shape index (κ1) is 23.9. The normalized spacial score (nSPS) is 32.1. The number of unbranched alkanes of at least 4 members (excludes halogenated alkanes) is 1. The standard InChI is InChI=1S/C24H32N2O6S/c1-4-32-23(30)18-17-13-14(2)24(33-17)19(18)22(29)26(11-5-6-12-27)20(24)21(28)25-15-7-9-16(31-3)10-8-15/h7-10,14,17-20,27H,4-6,11-13H2,1-3H3,(H,25,28)/t14?,17-,18+,19+,20?,24?/m1/s1. The summed E-state index contributed by atoms with van der Waals surface area (Å²) in [6.45, 7) is 4.50. The Kier molecular flexibility index (Phi) is 6.91. The molecule has 0 aromatic heterocycles. The van der Waals surface area contributed by atoms with Gasteiger partial charge in [-0.3, -0.25) is 14.4 Å². The van der Waals surface area contributed by atoms with Crippen LogP contribution in [0, 0.1) is 17.8 Å². The van der Waals surface area contributed by atoms with Crippen molar-refractivity contribution in [3.63, 3.8) is 0 Å². The summed E-state index contributed by atoms with van der Waals surface area (Å²) < 4.78 is 9.86. The number of esters is 1. The van der Waals surface area contributed by atoms with Gasteiger partial charge in [0.25, 0.3) is 0 Å². The molecule has 3 aliphatic heterocycles. The molecule has 33 heavy (non-hydrogen) atoms. The maximum absolute atomic E-state index is 13.7. The van der Waals surface area contributed by atoms with E-state index in [0.717, 1.165) is 6.42 Å². The summed E-state index contributed by atoms with van der Waals surface area (Å²) in [5, 5.41) is 12.2. The molecule has 3 saturated heterocycles. The highest BCUT2D eigenvalue weighted by Gasteiger charge is 2.76. The Labute approximate surface area is 198 Å². The third kappa shape index (κ3) is 3.89. The molecule has 3 unspecified atom stereocenters. The lowest BCUT2D eigenvalue weighted by atomic mass is 9.66. The predicted molar refractivity (Wildman–Crippen MR) is 125 cm³/mol. The average Bonchev–Trinajstić information content (AvgIpc) is 3.38. The highest BCUT2D eigenvalue weighted by Crippen LogP contribution is 2.68. The van der Waals surface area contributed by atoms with Crippen LogP contribution in [0.5, 0.6) is 5.75 Å². The van der Waals surface area contributed by atoms with Crippen molar-refractivity contribution in [1.29, 1.82) is 0 Å². The second kappa shape index (κ2) is 9.54. The summed E-state index contributed by atoms with van der Waals surface area (Å²) >= 11 is 1.63. The Balaban J connectivity index is 1.68. The van der Waals surface area contributed by atoms with Gasteiger partial charge in [-0.2, -0.15) is 0 Å². The zero-order chi connectivity index (χ0) is 23.8. The average molecular weight is 477 g/mol. The largest absolute Gasteiger partial charge is 0.497 e. The second-order valence-electron chi connectivity index (χ2n) is 8.98. The summed E-state index contributed by atoms with van der Waals surface area (Å²) in [5.41, 5.74) is 0.621. The number of ether oxygens (including phenoxy) is 2. The van der Waals surface area contributed by atoms with Crippen molar-refractivity contribution in [1.82, 2.24) is 4.90 Å². The maximum Gasteiger partial charge on any atom is 0.310 e. The van der Waals surface area contributed by atoms with Crippen LogP contribution in [0.2, 0.25) is 0 Å². The number of likely N-dealkylation sites (tertiary alicyclic amines) is 1. The van der Waals surface area contributed by atoms with Gasteiger partial charge in [0, 0.05) is 24.1 Å². The molecule has 3 aliphatic rings. The highest BCUT2D eigenvalue weighted by atomic mass is 32.2. The molecular formula is C24H32N2O6S. The second-order valence-corrected chi connectivity index (χ2v) is 10.5. The van der Waals surface area contributed by atoms with Crippen LogP contribution in [-0.4, -0.2) is 70.7 Å². The van der Waals surface area contributed by atoms with Gasteiger partial charge in [0.1, 0.15) is 11.8 Å². The van der Waals surface area contributed by atoms with Gasteiger partial charge in [-0.15, -0.1) is 11.8 Å². The molecule has 1 aromatic rings. The number of rotatable bonds is 9. The first-order valence-electron chi connectivity index (χ1n) is 11.6. The zero-order valence-corrected chi connectivity index (χ0v) is 20.1. The Bertz CT molecular complexity index is 909. The van der Waals surface area contributed by atoms with Crippen molar-refractivity contribution in [2.45, 2.75) is 49.1 Å². The minimum atomic E-state index is -0.694. The Morgan fingerprint density at radius 2 is 2.00 bits per heavy atom. The van der Waals surface area contributed by atoms with Crippen LogP contribution in [0.25, 0.3) is 0 Å². The number of nitrogens with one attached hydrogen (secondary N) is 1. The van der Waals surface area contributed by atoms with Crippen molar-refractivity contribution in [2.24, 2.45) is 17.8 Å². The molecule has 3 fully saturated rings. The number of benzene rings is 1. The van der Waals surface area contributed by atoms with Crippen molar-refractivity contribution < 1.29 is 29.0 Å². The van der Waals surface area contributed by atoms with Gasteiger partial charge in [0.05, 0.1) is 30.3 Å². The molecular weight excluding hydrogens is 444 g/mol. The number of amides is 2. The molecule has 6 atom stereocenters. The molecule has 1 aromatic carbocycles. The molecule has 0 saturated carbocycles. The van der Waals surface area contributed by atoms with Gasteiger partial charge < -0.3 is 24.8 Å². The molecule has 4 rings (SSSR count). The number of nitrogens with zero attached hydrogens (tertiary/aromatic N) is 1. The fourth-order valence-corrected chi connectivity index (χ4v) is 8.26. The number of anilines is 1. The number of carbonyl (C=O) groups is 3. The minimum absolute atomic E-state index is 0.0242. The van der Waals surface area contributed by atoms with E-state index in [2.05, 4.69) is 12.2 Å². The summed E-state index contributed by atoms with van der Waals surface area (Å²) in [4.78, 5) is 42.0. The number of thioether (sulfide) groups is 1. The quantitative estimate of drug-likeness (QED) is 0.416. The molecule has 3 heterocycles. The summed E-state index contributed by atoms with van der Waals surface area (Å²) in [6.07, 6.45) is 1.90. The van der Waals surface area contributed by atoms with E-state index in [-0.39, 0.29) is 42.2 Å². The number of aliphatic hydroxyl groups excluding tert-OH is 1. The van der Waals surface area contributed by atoms with Crippen LogP contribution in [-0.2, 0) is 19.1 Å². The molecule has 2 N–H and O–H groups in total. The van der Waals surface area contributed by atoms with Gasteiger partial charge in [-0.25, -0.2) is 0 Å². The molecule has 8 nitrogen and oxygen atoms in total. The molecule has 9 heteroatoms. The number of aliphatic hydroxyl groups is 1. The lowest BCUT2D eigenvalue weighted by molar-refractivity contribution is -0.154. The minimum Gasteiger partial charge on any atom is -0.497 e. The molecule has 2 bridgehead atoms. The van der Waals surface area contributed by atoms with E-state index in [1.165, 1.54) is 0 Å². The fourth-order valence-electron chi connectivity index (χ4n) is 5.85. The SMILES string of the molecule is CCOC(=O)[C@@H]1[C@H]2C(=O)N(CCCCO)C(C(=O)Nc3ccc(OC)cc3)C23S[C@@H]1CC3C. The lowest BCUT2D eigenvalue weighted by Crippen LogP contribution is -2.54. The van der Waals surface area contributed by atoms with Crippen molar-refractivity contribution in [3.8, 4) is 5.75 Å². The molecule has 0 radical (unpaired) electrons. The smallest absolute Gasteiger partial charge is 0.310 e. The molecule has 2 amide bonds. The van der Waals surface area contributed by atoms with Gasteiger partial charge >= 0.3 is 5.97 Å². The van der Waals surface area contributed by atoms with Crippen LogP contribution in [0.4, 0.5) is 5.69 Å². The number of hydrogen-bond donors (Lipinski definition) is 2. The van der Waals surface area contributed by atoms with E-state index in [1.807, 2.05) is 0 Å². The van der Waals surface area contributed by atoms with E-state index < -0.39 is 22.6 Å². The maximum atomic E-state index is 13.7. The van der Waals surface area contributed by atoms with Crippen LogP contribution in [0.1, 0.15) is 33.1 Å². The van der Waals surface area contributed by atoms with Crippen molar-refractivity contribution in [3.05, 3.63) is 24.3 Å². The van der Waals surface area contributed by atoms with Crippen LogP contribution >= 0.6 is 11.8 Å². The lowest BCUT2D eigenvalue weighted by Gasteiger charge is -2.38. The van der Waals surface area contributed by atoms with E-state index in [4.69, 9.17) is 9.47 Å². The zero-order valence-electron chi connectivity index (χ0n) is 19.3. The fraction of sp³-hybridized carbons (Fsp3) is 0.625. The number of carbonyl (C=O) groups excluding carboxylic acids is 3. The Hall–Kier alpha value is -2.26. The van der Waals surface area contributed by atoms with Gasteiger partial charge in [-0.05, 0) is 56.4 Å². The monoisotopic (exact) mass is 476 g/mol. The van der Waals surface area contributed by atoms with E-state index in [0.29, 0.717) is 30.8 Å². The van der Waals surface area contributed by atoms with Crippen molar-refractivity contribution >= 4 is 35.2 Å². The van der Waals surface area contributed by atoms with Crippen LogP contribution < -0.4 is 10.1 Å². The van der Waals surface area contributed by atoms with Crippen LogP contribution in [0.3, 0.4) is 0 Å². The summed E-state index contributed by atoms with van der Waals surface area (Å²) in [5.74, 6) is -1.06. The third-order valence-corrected chi connectivity index (χ3v) is 9.29.